The van der Waals surface area contributed by atoms with E-state index in [9.17, 15) is 5.26 Å². The van der Waals surface area contributed by atoms with Crippen LogP contribution in [0.25, 0.3) is 60.8 Å². The second kappa shape index (κ2) is 8.48. The van der Waals surface area contributed by atoms with E-state index in [4.69, 9.17) is 4.98 Å². The largest absolute Gasteiger partial charge is 0.307 e. The molecule has 0 saturated carbocycles. The van der Waals surface area contributed by atoms with Gasteiger partial charge in [0.2, 0.25) is 0 Å². The van der Waals surface area contributed by atoms with Gasteiger partial charge in [-0.15, -0.1) is 0 Å². The third-order valence-electron chi connectivity index (χ3n) is 7.04. The minimum absolute atomic E-state index is 0.622. The lowest BCUT2D eigenvalue weighted by atomic mass is 10.0. The molecule has 2 heterocycles. The molecule has 0 amide bonds. The molecule has 0 radical (unpaired) electrons. The molecule has 3 nitrogen and oxygen atoms in total. The minimum atomic E-state index is 0.622. The van der Waals surface area contributed by atoms with Crippen molar-refractivity contribution in [2.45, 2.75) is 0 Å². The number of rotatable bonds is 3. The lowest BCUT2D eigenvalue weighted by Gasteiger charge is -2.13. The molecule has 0 atom stereocenters. The van der Waals surface area contributed by atoms with Gasteiger partial charge < -0.3 is 4.57 Å². The van der Waals surface area contributed by atoms with Gasteiger partial charge in [-0.05, 0) is 47.5 Å². The molecular formula is C34H21N3. The van der Waals surface area contributed by atoms with Crippen molar-refractivity contribution >= 4 is 32.7 Å². The van der Waals surface area contributed by atoms with Crippen LogP contribution >= 0.6 is 0 Å². The summed E-state index contributed by atoms with van der Waals surface area (Å²) in [5.41, 5.74) is 8.86. The Hall–Kier alpha value is -5.20. The van der Waals surface area contributed by atoms with Crippen LogP contribution in [0.3, 0.4) is 0 Å². The summed E-state index contributed by atoms with van der Waals surface area (Å²) in [4.78, 5) is 5.12. The third kappa shape index (κ3) is 3.39. The standard InChI is InChI=1S/C34H21N3/c35-22-26-11-4-5-13-27(26)30-19-17-24-12-8-16-33(34(24)36-30)37-31-15-7-6-14-28(31)29-21-25(18-20-32(29)37)23-9-2-1-3-10-23/h1-21H. The summed E-state index contributed by atoms with van der Waals surface area (Å²) in [5.74, 6) is 0. The van der Waals surface area contributed by atoms with Crippen LogP contribution in [-0.2, 0) is 0 Å². The van der Waals surface area contributed by atoms with Gasteiger partial charge in [-0.1, -0.05) is 91.0 Å². The SMILES string of the molecule is N#Cc1ccccc1-c1ccc2cccc(-n3c4ccccc4c4cc(-c5ccccc5)ccc43)c2n1. The first kappa shape index (κ1) is 21.1. The van der Waals surface area contributed by atoms with Crippen LogP contribution in [0.4, 0.5) is 0 Å². The molecule has 0 unspecified atom stereocenters. The molecular weight excluding hydrogens is 450 g/mol. The molecule has 0 aliphatic carbocycles. The Morgan fingerprint density at radius 2 is 1.38 bits per heavy atom. The highest BCUT2D eigenvalue weighted by Crippen LogP contribution is 2.37. The Bertz CT molecular complexity index is 1990. The molecule has 7 aromatic rings. The maximum atomic E-state index is 9.66. The van der Waals surface area contributed by atoms with Crippen molar-refractivity contribution in [3.63, 3.8) is 0 Å². The fourth-order valence-corrected chi connectivity index (χ4v) is 5.31. The lowest BCUT2D eigenvalue weighted by molar-refractivity contribution is 1.18. The van der Waals surface area contributed by atoms with Crippen LogP contribution in [0.1, 0.15) is 5.56 Å². The quantitative estimate of drug-likeness (QED) is 0.259. The minimum Gasteiger partial charge on any atom is -0.307 e. The summed E-state index contributed by atoms with van der Waals surface area (Å²) < 4.78 is 2.31. The van der Waals surface area contributed by atoms with Gasteiger partial charge in [0, 0.05) is 21.7 Å². The lowest BCUT2D eigenvalue weighted by Crippen LogP contribution is -1.98. The van der Waals surface area contributed by atoms with E-state index >= 15 is 0 Å². The first-order chi connectivity index (χ1) is 18.3. The highest BCUT2D eigenvalue weighted by Gasteiger charge is 2.16. The van der Waals surface area contributed by atoms with Gasteiger partial charge in [0.1, 0.15) is 0 Å². The Morgan fingerprint density at radius 1 is 0.595 bits per heavy atom. The van der Waals surface area contributed by atoms with Crippen LogP contribution in [0, 0.1) is 11.3 Å². The molecule has 0 fully saturated rings. The van der Waals surface area contributed by atoms with Gasteiger partial charge in [-0.3, -0.25) is 0 Å². The van der Waals surface area contributed by atoms with Crippen molar-refractivity contribution in [3.05, 3.63) is 133 Å². The average Bonchev–Trinajstić information content (AvgIpc) is 3.30. The van der Waals surface area contributed by atoms with Gasteiger partial charge >= 0.3 is 0 Å². The normalized spacial score (nSPS) is 11.2. The van der Waals surface area contributed by atoms with E-state index in [1.807, 2.05) is 36.4 Å². The van der Waals surface area contributed by atoms with E-state index in [0.717, 1.165) is 38.9 Å². The highest BCUT2D eigenvalue weighted by molar-refractivity contribution is 6.11. The summed E-state index contributed by atoms with van der Waals surface area (Å²) in [6, 6.07) is 46.1. The molecule has 37 heavy (non-hydrogen) atoms. The van der Waals surface area contributed by atoms with E-state index in [1.54, 1.807) is 0 Å². The van der Waals surface area contributed by atoms with Gasteiger partial charge in [-0.25, -0.2) is 4.98 Å². The van der Waals surface area contributed by atoms with Crippen LogP contribution in [0.15, 0.2) is 127 Å². The number of para-hydroxylation sites is 2. The van der Waals surface area contributed by atoms with Crippen molar-refractivity contribution in [2.75, 3.05) is 0 Å². The van der Waals surface area contributed by atoms with E-state index in [2.05, 4.69) is 102 Å². The molecule has 0 N–H and O–H groups in total. The second-order valence-corrected chi connectivity index (χ2v) is 9.15. The summed E-state index contributed by atoms with van der Waals surface area (Å²) >= 11 is 0. The molecule has 0 bridgehead atoms. The van der Waals surface area contributed by atoms with E-state index < -0.39 is 0 Å². The maximum Gasteiger partial charge on any atom is 0.0998 e. The molecule has 3 heteroatoms. The second-order valence-electron chi connectivity index (χ2n) is 9.15. The Morgan fingerprint density at radius 3 is 2.27 bits per heavy atom. The van der Waals surface area contributed by atoms with E-state index in [1.165, 1.54) is 21.9 Å². The number of hydrogen-bond acceptors (Lipinski definition) is 2. The predicted octanol–water partition coefficient (Wildman–Crippen LogP) is 8.54. The Balaban J connectivity index is 1.52. The number of benzene rings is 5. The zero-order valence-electron chi connectivity index (χ0n) is 20.0. The molecule has 0 spiro atoms. The Labute approximate surface area is 214 Å². The predicted molar refractivity (Wildman–Crippen MR) is 152 cm³/mol. The van der Waals surface area contributed by atoms with Crippen molar-refractivity contribution in [2.24, 2.45) is 0 Å². The number of nitriles is 1. The van der Waals surface area contributed by atoms with Crippen molar-refractivity contribution in [1.29, 1.82) is 5.26 Å². The molecule has 2 aromatic heterocycles. The van der Waals surface area contributed by atoms with Crippen molar-refractivity contribution in [1.82, 2.24) is 9.55 Å². The Kier molecular flexibility index (Phi) is 4.84. The monoisotopic (exact) mass is 471 g/mol. The van der Waals surface area contributed by atoms with Gasteiger partial charge in [0.25, 0.3) is 0 Å². The van der Waals surface area contributed by atoms with E-state index in [-0.39, 0.29) is 0 Å². The number of nitrogens with zero attached hydrogens (tertiary/aromatic N) is 3. The smallest absolute Gasteiger partial charge is 0.0998 e. The molecule has 0 aliphatic heterocycles. The fraction of sp³-hybridized carbons (Fsp3) is 0. The number of pyridine rings is 1. The average molecular weight is 472 g/mol. The summed E-state index contributed by atoms with van der Waals surface area (Å²) in [5, 5.41) is 13.1. The van der Waals surface area contributed by atoms with Crippen LogP contribution in [0.2, 0.25) is 0 Å². The van der Waals surface area contributed by atoms with Crippen molar-refractivity contribution < 1.29 is 0 Å². The zero-order chi connectivity index (χ0) is 24.8. The number of hydrogen-bond donors (Lipinski definition) is 0. The molecule has 0 aliphatic rings. The maximum absolute atomic E-state index is 9.66. The van der Waals surface area contributed by atoms with Gasteiger partial charge in [0.15, 0.2) is 0 Å². The third-order valence-corrected chi connectivity index (χ3v) is 7.04. The first-order valence-electron chi connectivity index (χ1n) is 12.3. The van der Waals surface area contributed by atoms with Crippen molar-refractivity contribution in [3.8, 4) is 34.1 Å². The summed E-state index contributed by atoms with van der Waals surface area (Å²) in [6.45, 7) is 0. The fourth-order valence-electron chi connectivity index (χ4n) is 5.31. The number of aromatic nitrogens is 2. The van der Waals surface area contributed by atoms with E-state index in [0.29, 0.717) is 5.56 Å². The van der Waals surface area contributed by atoms with Crippen LogP contribution in [-0.4, -0.2) is 9.55 Å². The molecule has 0 saturated heterocycles. The summed E-state index contributed by atoms with van der Waals surface area (Å²) in [6.07, 6.45) is 0. The number of fused-ring (bicyclic) bond motifs is 4. The molecule has 172 valence electrons. The van der Waals surface area contributed by atoms with Crippen LogP contribution in [0.5, 0.6) is 0 Å². The summed E-state index contributed by atoms with van der Waals surface area (Å²) in [7, 11) is 0. The molecule has 7 rings (SSSR count). The molecule has 5 aromatic carbocycles. The zero-order valence-corrected chi connectivity index (χ0v) is 20.0. The first-order valence-corrected chi connectivity index (χ1v) is 12.3. The highest BCUT2D eigenvalue weighted by atomic mass is 15.0. The van der Waals surface area contributed by atoms with Gasteiger partial charge in [-0.2, -0.15) is 5.26 Å². The van der Waals surface area contributed by atoms with Crippen LogP contribution < -0.4 is 0 Å². The van der Waals surface area contributed by atoms with Gasteiger partial charge in [0.05, 0.1) is 39.6 Å². The topological polar surface area (TPSA) is 41.6 Å².